The van der Waals surface area contributed by atoms with Crippen molar-refractivity contribution >= 4 is 27.3 Å². The molecule has 0 bridgehead atoms. The zero-order valence-corrected chi connectivity index (χ0v) is 17.4. The van der Waals surface area contributed by atoms with Crippen LogP contribution < -0.4 is 10.0 Å². The maximum atomic E-state index is 13.4. The molecule has 0 saturated heterocycles. The van der Waals surface area contributed by atoms with E-state index in [1.807, 2.05) is 19.9 Å². The largest absolute Gasteiger partial charge is 0.322 e. The van der Waals surface area contributed by atoms with E-state index in [4.69, 9.17) is 0 Å². The molecule has 0 aliphatic heterocycles. The monoisotopic (exact) mass is 430 g/mol. The van der Waals surface area contributed by atoms with E-state index in [1.54, 1.807) is 19.1 Å². The number of rotatable bonds is 5. The third-order valence-electron chi connectivity index (χ3n) is 4.39. The molecule has 5 nitrogen and oxygen atoms in total. The SMILES string of the molecule is Cc1cc(C)cc(NS(=O)(=O)c2cc(C(=O)Nc3ccc(F)c(F)c3)ccc2C)c1. The van der Waals surface area contributed by atoms with Crippen LogP contribution in [0.15, 0.2) is 59.5 Å². The average molecular weight is 430 g/mol. The molecule has 3 rings (SSSR count). The second kappa shape index (κ2) is 8.23. The smallest absolute Gasteiger partial charge is 0.262 e. The Morgan fingerprint density at radius 1 is 0.800 bits per heavy atom. The molecule has 0 saturated carbocycles. The molecule has 30 heavy (non-hydrogen) atoms. The molecule has 0 aliphatic carbocycles. The molecular formula is C22H20F2N2O3S. The first-order valence-electron chi connectivity index (χ1n) is 9.03. The van der Waals surface area contributed by atoms with Crippen molar-refractivity contribution in [2.24, 2.45) is 0 Å². The lowest BCUT2D eigenvalue weighted by Crippen LogP contribution is -2.17. The molecule has 3 aromatic carbocycles. The van der Waals surface area contributed by atoms with Gasteiger partial charge in [0.15, 0.2) is 11.6 Å². The van der Waals surface area contributed by atoms with E-state index < -0.39 is 27.6 Å². The van der Waals surface area contributed by atoms with Gasteiger partial charge < -0.3 is 5.32 Å². The summed E-state index contributed by atoms with van der Waals surface area (Å²) in [4.78, 5) is 12.4. The molecule has 8 heteroatoms. The average Bonchev–Trinajstić information content (AvgIpc) is 2.63. The van der Waals surface area contributed by atoms with Gasteiger partial charge in [-0.15, -0.1) is 0 Å². The summed E-state index contributed by atoms with van der Waals surface area (Å²) >= 11 is 0. The highest BCUT2D eigenvalue weighted by atomic mass is 32.2. The summed E-state index contributed by atoms with van der Waals surface area (Å²) in [6.45, 7) is 5.34. The summed E-state index contributed by atoms with van der Waals surface area (Å²) in [5.74, 6) is -2.78. The number of anilines is 2. The fourth-order valence-electron chi connectivity index (χ4n) is 3.05. The number of benzene rings is 3. The lowest BCUT2D eigenvalue weighted by Gasteiger charge is -2.13. The normalized spacial score (nSPS) is 11.2. The molecule has 0 spiro atoms. The number of nitrogens with one attached hydrogen (secondary N) is 2. The summed E-state index contributed by atoms with van der Waals surface area (Å²) in [6, 6.07) is 12.5. The van der Waals surface area contributed by atoms with E-state index >= 15 is 0 Å². The van der Waals surface area contributed by atoms with Crippen molar-refractivity contribution in [2.75, 3.05) is 10.0 Å². The van der Waals surface area contributed by atoms with Gasteiger partial charge in [0, 0.05) is 23.0 Å². The standard InChI is InChI=1S/C22H20F2N2O3S/c1-13-8-14(2)10-18(9-13)26-30(28,29)21-11-16(5-4-15(21)3)22(27)25-17-6-7-19(23)20(24)12-17/h4-12,26H,1-3H3,(H,25,27). The fraction of sp³-hybridized carbons (Fsp3) is 0.136. The Morgan fingerprint density at radius 2 is 1.47 bits per heavy atom. The van der Waals surface area contributed by atoms with E-state index in [0.717, 1.165) is 23.3 Å². The highest BCUT2D eigenvalue weighted by Gasteiger charge is 2.20. The second-order valence-corrected chi connectivity index (χ2v) is 8.70. The van der Waals surface area contributed by atoms with E-state index in [2.05, 4.69) is 10.0 Å². The Morgan fingerprint density at radius 3 is 2.10 bits per heavy atom. The summed E-state index contributed by atoms with van der Waals surface area (Å²) in [5, 5.41) is 2.43. The summed E-state index contributed by atoms with van der Waals surface area (Å²) in [7, 11) is -3.96. The molecular weight excluding hydrogens is 410 g/mol. The molecule has 156 valence electrons. The van der Waals surface area contributed by atoms with E-state index in [9.17, 15) is 22.0 Å². The maximum absolute atomic E-state index is 13.4. The van der Waals surface area contributed by atoms with Crippen molar-refractivity contribution in [1.29, 1.82) is 0 Å². The minimum absolute atomic E-state index is 0.0530. The lowest BCUT2D eigenvalue weighted by molar-refractivity contribution is 0.102. The molecule has 1 amide bonds. The third kappa shape index (κ3) is 4.83. The molecule has 0 atom stereocenters. The number of hydrogen-bond donors (Lipinski definition) is 2. The molecule has 3 aromatic rings. The van der Waals surface area contributed by atoms with Gasteiger partial charge in [0.2, 0.25) is 0 Å². The minimum Gasteiger partial charge on any atom is -0.322 e. The van der Waals surface area contributed by atoms with Gasteiger partial charge in [-0.25, -0.2) is 17.2 Å². The van der Waals surface area contributed by atoms with Crippen LogP contribution in [0, 0.1) is 32.4 Å². The van der Waals surface area contributed by atoms with Crippen LogP contribution in [0.5, 0.6) is 0 Å². The number of halogens is 2. The van der Waals surface area contributed by atoms with Gasteiger partial charge in [-0.1, -0.05) is 12.1 Å². The first-order valence-corrected chi connectivity index (χ1v) is 10.5. The molecule has 0 heterocycles. The predicted octanol–water partition coefficient (Wildman–Crippen LogP) is 4.94. The molecule has 0 unspecified atom stereocenters. The van der Waals surface area contributed by atoms with Gasteiger partial charge in [-0.2, -0.15) is 0 Å². The highest BCUT2D eigenvalue weighted by Crippen LogP contribution is 2.23. The van der Waals surface area contributed by atoms with Crippen LogP contribution in [0.3, 0.4) is 0 Å². The summed E-state index contributed by atoms with van der Waals surface area (Å²) in [6.07, 6.45) is 0. The molecule has 0 fully saturated rings. The van der Waals surface area contributed by atoms with Crippen LogP contribution >= 0.6 is 0 Å². The Labute approximate surface area is 173 Å². The maximum Gasteiger partial charge on any atom is 0.262 e. The number of carbonyl (C=O) groups is 1. The second-order valence-electron chi connectivity index (χ2n) is 7.05. The lowest BCUT2D eigenvalue weighted by atomic mass is 10.1. The number of aryl methyl sites for hydroxylation is 3. The van der Waals surface area contributed by atoms with Gasteiger partial charge in [-0.3, -0.25) is 9.52 Å². The van der Waals surface area contributed by atoms with E-state index in [0.29, 0.717) is 11.3 Å². The van der Waals surface area contributed by atoms with E-state index in [1.165, 1.54) is 24.3 Å². The summed E-state index contributed by atoms with van der Waals surface area (Å²) < 4.78 is 54.8. The van der Waals surface area contributed by atoms with Gasteiger partial charge >= 0.3 is 0 Å². The zero-order chi connectivity index (χ0) is 22.1. The fourth-order valence-corrected chi connectivity index (χ4v) is 4.36. The van der Waals surface area contributed by atoms with Crippen molar-refractivity contribution in [3.63, 3.8) is 0 Å². The predicted molar refractivity (Wildman–Crippen MR) is 112 cm³/mol. The van der Waals surface area contributed by atoms with Crippen LogP contribution in [0.4, 0.5) is 20.2 Å². The van der Waals surface area contributed by atoms with Crippen LogP contribution in [-0.2, 0) is 10.0 Å². The molecule has 2 N–H and O–H groups in total. The van der Waals surface area contributed by atoms with Gasteiger partial charge in [0.25, 0.3) is 15.9 Å². The van der Waals surface area contributed by atoms with Crippen molar-refractivity contribution in [3.8, 4) is 0 Å². The quantitative estimate of drug-likeness (QED) is 0.602. The first-order chi connectivity index (χ1) is 14.0. The van der Waals surface area contributed by atoms with Crippen LogP contribution in [0.25, 0.3) is 0 Å². The Bertz CT molecular complexity index is 1220. The number of sulfonamides is 1. The Kier molecular flexibility index (Phi) is 5.89. The first kappa shape index (κ1) is 21.4. The number of amides is 1. The van der Waals surface area contributed by atoms with Crippen molar-refractivity contribution < 1.29 is 22.0 Å². The number of carbonyl (C=O) groups excluding carboxylic acids is 1. The van der Waals surface area contributed by atoms with Crippen molar-refractivity contribution in [1.82, 2.24) is 0 Å². The topological polar surface area (TPSA) is 75.3 Å². The molecule has 0 aliphatic rings. The van der Waals surface area contributed by atoms with Crippen molar-refractivity contribution in [2.45, 2.75) is 25.7 Å². The minimum atomic E-state index is -3.96. The molecule has 0 aromatic heterocycles. The van der Waals surface area contributed by atoms with Gasteiger partial charge in [-0.05, 0) is 73.9 Å². The van der Waals surface area contributed by atoms with Crippen LogP contribution in [0.1, 0.15) is 27.0 Å². The van der Waals surface area contributed by atoms with Crippen LogP contribution in [0.2, 0.25) is 0 Å². The van der Waals surface area contributed by atoms with Crippen molar-refractivity contribution in [3.05, 3.63) is 88.5 Å². The van der Waals surface area contributed by atoms with Gasteiger partial charge in [0.05, 0.1) is 4.90 Å². The Hall–Kier alpha value is -3.26. The third-order valence-corrected chi connectivity index (χ3v) is 5.91. The summed E-state index contributed by atoms with van der Waals surface area (Å²) in [5.41, 5.74) is 2.80. The van der Waals surface area contributed by atoms with Crippen LogP contribution in [-0.4, -0.2) is 14.3 Å². The van der Waals surface area contributed by atoms with Gasteiger partial charge in [0.1, 0.15) is 0 Å². The zero-order valence-electron chi connectivity index (χ0n) is 16.6. The number of hydrogen-bond acceptors (Lipinski definition) is 3. The van der Waals surface area contributed by atoms with E-state index in [-0.39, 0.29) is 16.1 Å². The molecule has 0 radical (unpaired) electrons. The highest BCUT2D eigenvalue weighted by molar-refractivity contribution is 7.92. The Balaban J connectivity index is 1.89.